The van der Waals surface area contributed by atoms with Crippen LogP contribution in [0.5, 0.6) is 0 Å². The minimum absolute atomic E-state index is 0.0465. The van der Waals surface area contributed by atoms with Crippen LogP contribution < -0.4 is 5.32 Å². The van der Waals surface area contributed by atoms with Crippen LogP contribution in [-0.2, 0) is 37.9 Å². The lowest BCUT2D eigenvalue weighted by Gasteiger charge is -2.11. The number of rotatable bonds is 43. The first-order chi connectivity index (χ1) is 24.5. The molecule has 0 aromatic carbocycles. The summed E-state index contributed by atoms with van der Waals surface area (Å²) in [6.07, 6.45) is 27.0. The predicted octanol–water partition coefficient (Wildman–Crippen LogP) is 9.66. The molecule has 1 amide bonds. The molecule has 0 aromatic rings. The minimum Gasteiger partial charge on any atom is -0.381 e. The Morgan fingerprint density at radius 2 is 0.980 bits per heavy atom. The lowest BCUT2D eigenvalue weighted by molar-refractivity contribution is -0.213. The summed E-state index contributed by atoms with van der Waals surface area (Å²) < 4.78 is 38.8. The Balaban J connectivity index is 3.30. The van der Waals surface area contributed by atoms with Gasteiger partial charge in [0.05, 0.1) is 52.4 Å². The molecule has 0 rings (SSSR count). The Bertz CT molecular complexity index is 738. The third-order valence-corrected chi connectivity index (χ3v) is 10.4. The van der Waals surface area contributed by atoms with Gasteiger partial charge in [-0.05, 0) is 25.0 Å². The molecule has 1 unspecified atom stereocenters. The first-order valence-corrected chi connectivity index (χ1v) is 23.2. The molecule has 0 aliphatic heterocycles. The van der Waals surface area contributed by atoms with E-state index in [0.29, 0.717) is 52.6 Å². The van der Waals surface area contributed by atoms with Crippen LogP contribution in [0.3, 0.4) is 0 Å². The highest BCUT2D eigenvalue weighted by Gasteiger charge is 2.20. The van der Waals surface area contributed by atoms with Crippen LogP contribution in [0.25, 0.3) is 0 Å². The topological polar surface area (TPSA) is 122 Å². The summed E-state index contributed by atoms with van der Waals surface area (Å²) in [6.45, 7) is 8.98. The number of hydrogen-bond acceptors (Lipinski definition) is 9. The molecule has 0 bridgehead atoms. The summed E-state index contributed by atoms with van der Waals surface area (Å²) in [7, 11) is -3.82. The Morgan fingerprint density at radius 1 is 0.540 bits per heavy atom. The maximum absolute atomic E-state index is 12.0. The van der Waals surface area contributed by atoms with Gasteiger partial charge in [-0.2, -0.15) is 11.8 Å². The molecule has 0 saturated heterocycles. The molecule has 0 spiro atoms. The smallest absolute Gasteiger partial charge is 0.357 e. The molecule has 0 radical (unpaired) electrons. The van der Waals surface area contributed by atoms with Gasteiger partial charge in [-0.3, -0.25) is 9.36 Å². The Hall–Kier alpha value is -0.230. The Labute approximate surface area is 311 Å². The average Bonchev–Trinajstić information content (AvgIpc) is 3.10. The van der Waals surface area contributed by atoms with Crippen LogP contribution in [-0.4, -0.2) is 94.5 Å². The van der Waals surface area contributed by atoms with E-state index in [1.165, 1.54) is 109 Å². The summed E-state index contributed by atoms with van der Waals surface area (Å²) in [5, 5.41) is 2.88. The molecule has 2 N–H and O–H groups in total. The maximum atomic E-state index is 12.0. The van der Waals surface area contributed by atoms with Crippen molar-refractivity contribution in [2.75, 3.05) is 83.7 Å². The quantitative estimate of drug-likeness (QED) is 0.0269. The van der Waals surface area contributed by atoms with Crippen molar-refractivity contribution in [3.05, 3.63) is 0 Å². The van der Waals surface area contributed by atoms with Gasteiger partial charge in [-0.1, -0.05) is 129 Å². The van der Waals surface area contributed by atoms with Gasteiger partial charge >= 0.3 is 7.60 Å². The molecule has 0 aromatic heterocycles. The van der Waals surface area contributed by atoms with Crippen molar-refractivity contribution in [1.29, 1.82) is 0 Å². The molecule has 300 valence electrons. The molecule has 10 nitrogen and oxygen atoms in total. The highest BCUT2D eigenvalue weighted by molar-refractivity contribution is 7.99. The number of carbonyl (C=O) groups excluding carboxylic acids is 1. The fourth-order valence-electron chi connectivity index (χ4n) is 5.20. The molecule has 0 fully saturated rings. The van der Waals surface area contributed by atoms with Crippen molar-refractivity contribution in [2.24, 2.45) is 0 Å². The molecule has 0 heterocycles. The molecular weight excluding hydrogens is 677 g/mol. The summed E-state index contributed by atoms with van der Waals surface area (Å²) in [4.78, 5) is 26.8. The van der Waals surface area contributed by atoms with Crippen molar-refractivity contribution < 1.29 is 42.8 Å². The summed E-state index contributed by atoms with van der Waals surface area (Å²) in [6, 6.07) is 0. The minimum atomic E-state index is -3.82. The zero-order valence-corrected chi connectivity index (χ0v) is 34.0. The van der Waals surface area contributed by atoms with Gasteiger partial charge in [-0.15, -0.1) is 4.67 Å². The van der Waals surface area contributed by atoms with Crippen LogP contribution in [0.2, 0.25) is 0 Å². The number of ether oxygens (including phenoxy) is 4. The van der Waals surface area contributed by atoms with Crippen LogP contribution in [0.1, 0.15) is 155 Å². The molecule has 50 heavy (non-hydrogen) atoms. The van der Waals surface area contributed by atoms with E-state index < -0.39 is 7.60 Å². The molecule has 0 aliphatic rings. The lowest BCUT2D eigenvalue weighted by Crippen LogP contribution is -2.27. The first-order valence-electron chi connectivity index (χ1n) is 20.3. The van der Waals surface area contributed by atoms with Gasteiger partial charge in [-0.25, -0.2) is 4.89 Å². The van der Waals surface area contributed by atoms with Gasteiger partial charge in [0.2, 0.25) is 5.91 Å². The predicted molar refractivity (Wildman–Crippen MR) is 208 cm³/mol. The van der Waals surface area contributed by atoms with E-state index >= 15 is 0 Å². The zero-order chi connectivity index (χ0) is 36.5. The number of amides is 1. The van der Waals surface area contributed by atoms with Crippen molar-refractivity contribution in [2.45, 2.75) is 155 Å². The fraction of sp³-hybridized carbons (Fsp3) is 0.974. The van der Waals surface area contributed by atoms with E-state index in [9.17, 15) is 14.3 Å². The Kier molecular flexibility index (Phi) is 41.3. The molecule has 12 heteroatoms. The second-order valence-corrected chi connectivity index (χ2v) is 16.2. The zero-order valence-electron chi connectivity index (χ0n) is 32.3. The number of unbranched alkanes of at least 4 members (excludes halogenated alkanes) is 18. The highest BCUT2D eigenvalue weighted by Crippen LogP contribution is 2.41. The summed E-state index contributed by atoms with van der Waals surface area (Å²) >= 11 is 1.80. The summed E-state index contributed by atoms with van der Waals surface area (Å²) in [5.41, 5.74) is 0. The number of carbonyl (C=O) groups is 1. The highest BCUT2D eigenvalue weighted by atomic mass is 32.2. The van der Waals surface area contributed by atoms with Crippen LogP contribution in [0, 0.1) is 0 Å². The molecule has 0 saturated carbocycles. The van der Waals surface area contributed by atoms with E-state index in [4.69, 9.17) is 28.5 Å². The normalized spacial score (nSPS) is 12.8. The molecule has 0 aliphatic carbocycles. The van der Waals surface area contributed by atoms with Crippen LogP contribution >= 0.6 is 19.4 Å². The second kappa shape index (κ2) is 41.5. The standard InChI is InChI=1S/C38H78NO9PS/c1-3-5-7-9-11-13-15-17-19-21-26-43-27-23-36-50-37-24-38(40)39-25-29-44-30-31-45-32-33-46-34-35-49(41,42)48-47-28-22-20-18-16-14-12-10-8-6-4-2/h3-37H2,1-2H3,(H,39,40)(H,41,42). The first kappa shape index (κ1) is 49.8. The maximum Gasteiger partial charge on any atom is 0.357 e. The number of thioether (sulfide) groups is 1. The van der Waals surface area contributed by atoms with E-state index in [-0.39, 0.29) is 18.7 Å². The third-order valence-electron chi connectivity index (χ3n) is 8.27. The SMILES string of the molecule is CCCCCCCCCCCCOCCCSCCC(=O)NCCOCCOCCOCCP(=O)(O)OOCCCCCCCCCCCC. The van der Waals surface area contributed by atoms with Crippen molar-refractivity contribution in [1.82, 2.24) is 5.32 Å². The molecule has 1 atom stereocenters. The third kappa shape index (κ3) is 42.2. The van der Waals surface area contributed by atoms with Gasteiger partial charge in [0, 0.05) is 31.9 Å². The van der Waals surface area contributed by atoms with E-state index in [1.54, 1.807) is 11.8 Å². The summed E-state index contributed by atoms with van der Waals surface area (Å²) in [5.74, 6) is 1.88. The van der Waals surface area contributed by atoms with Crippen molar-refractivity contribution >= 4 is 25.3 Å². The molecular formula is C38H78NO9PS. The number of nitrogens with one attached hydrogen (secondary N) is 1. The van der Waals surface area contributed by atoms with Crippen LogP contribution in [0.4, 0.5) is 0 Å². The second-order valence-electron chi connectivity index (χ2n) is 13.1. The monoisotopic (exact) mass is 756 g/mol. The average molecular weight is 756 g/mol. The van der Waals surface area contributed by atoms with Crippen molar-refractivity contribution in [3.63, 3.8) is 0 Å². The van der Waals surface area contributed by atoms with Crippen molar-refractivity contribution in [3.8, 4) is 0 Å². The van der Waals surface area contributed by atoms with Gasteiger partial charge in [0.25, 0.3) is 0 Å². The fourth-order valence-corrected chi connectivity index (χ4v) is 6.73. The van der Waals surface area contributed by atoms with E-state index in [0.717, 1.165) is 50.4 Å². The van der Waals surface area contributed by atoms with Crippen LogP contribution in [0.15, 0.2) is 0 Å². The van der Waals surface area contributed by atoms with Gasteiger partial charge in [0.15, 0.2) is 0 Å². The van der Waals surface area contributed by atoms with E-state index in [2.05, 4.69) is 19.2 Å². The van der Waals surface area contributed by atoms with E-state index in [1.807, 2.05) is 0 Å². The van der Waals surface area contributed by atoms with Gasteiger partial charge < -0.3 is 29.2 Å². The number of hydrogen-bond donors (Lipinski definition) is 2. The largest absolute Gasteiger partial charge is 0.381 e. The van der Waals surface area contributed by atoms with Gasteiger partial charge in [0.1, 0.15) is 0 Å². The lowest BCUT2D eigenvalue weighted by atomic mass is 10.1. The Morgan fingerprint density at radius 3 is 1.54 bits per heavy atom.